The van der Waals surface area contributed by atoms with Crippen LogP contribution in [-0.2, 0) is 24.6 Å². The van der Waals surface area contributed by atoms with Gasteiger partial charge in [-0.25, -0.2) is 0 Å². The number of halogens is 2. The Morgan fingerprint density at radius 3 is 1.53 bits per heavy atom. The molecular weight excluding hydrogens is 464 g/mol. The van der Waals surface area contributed by atoms with Gasteiger partial charge in [-0.15, -0.1) is 0 Å². The molecule has 0 aromatic heterocycles. The Morgan fingerprint density at radius 1 is 0.684 bits per heavy atom. The summed E-state index contributed by atoms with van der Waals surface area (Å²) in [4.78, 5) is 0. The van der Waals surface area contributed by atoms with Crippen molar-refractivity contribution in [3.8, 4) is 18.7 Å². The Bertz CT molecular complexity index is 638. The summed E-state index contributed by atoms with van der Waals surface area (Å²) >= 11 is 10.6. The molecule has 0 heterocycles. The van der Waals surface area contributed by atoms with E-state index < -0.39 is 24.6 Å². The first kappa shape index (κ1) is 14.5. The normalized spacial score (nSPS) is 8.53. The van der Waals surface area contributed by atoms with Crippen molar-refractivity contribution < 1.29 is 24.6 Å². The van der Waals surface area contributed by atoms with Crippen molar-refractivity contribution in [2.24, 2.45) is 0 Å². The van der Waals surface area contributed by atoms with Crippen molar-refractivity contribution >= 4 is 23.2 Å². The van der Waals surface area contributed by atoms with Crippen LogP contribution in [0.4, 0.5) is 0 Å². The minimum atomic E-state index is -1.49. The Kier molecular flexibility index (Phi) is 5.80. The summed E-state index contributed by atoms with van der Waals surface area (Å²) in [7, 11) is 0. The van der Waals surface area contributed by atoms with Gasteiger partial charge in [-0.05, 0) is 0 Å². The molecule has 19 heavy (non-hydrogen) atoms. The van der Waals surface area contributed by atoms with E-state index in [9.17, 15) is 0 Å². The van der Waals surface area contributed by atoms with Crippen LogP contribution in [0.1, 0.15) is 11.1 Å². The monoisotopic (exact) mass is 472 g/mol. The topological polar surface area (TPSA) is 0 Å². The van der Waals surface area contributed by atoms with Crippen molar-refractivity contribution in [3.63, 3.8) is 0 Å². The van der Waals surface area contributed by atoms with Crippen molar-refractivity contribution in [3.05, 3.63) is 69.7 Å². The van der Waals surface area contributed by atoms with E-state index >= 15 is 0 Å². The van der Waals surface area contributed by atoms with Crippen LogP contribution in [-0.4, -0.2) is 0 Å². The van der Waals surface area contributed by atoms with Crippen LogP contribution in [0.15, 0.2) is 48.5 Å². The van der Waals surface area contributed by atoms with Crippen LogP contribution in [0.25, 0.3) is 0 Å². The van der Waals surface area contributed by atoms with Gasteiger partial charge in [0.05, 0.1) is 0 Å². The molecule has 0 saturated heterocycles. The number of hydrogen-bond acceptors (Lipinski definition) is 0. The van der Waals surface area contributed by atoms with Gasteiger partial charge >= 0.3 is 136 Å². The van der Waals surface area contributed by atoms with Gasteiger partial charge < -0.3 is 0 Å². The van der Waals surface area contributed by atoms with Gasteiger partial charge in [0.15, 0.2) is 0 Å². The average molecular weight is 472 g/mol. The third kappa shape index (κ3) is 4.59. The molecule has 0 aliphatic heterocycles. The predicted octanol–water partition coefficient (Wildman–Crippen LogP) is 4.39. The van der Waals surface area contributed by atoms with Crippen molar-refractivity contribution in [1.29, 1.82) is 0 Å². The van der Waals surface area contributed by atoms with E-state index in [1.165, 1.54) is 0 Å². The number of benzene rings is 2. The van der Waals surface area contributed by atoms with Gasteiger partial charge in [0, 0.05) is 0 Å². The van der Waals surface area contributed by atoms with E-state index in [0.717, 1.165) is 11.1 Å². The molecule has 0 radical (unpaired) electrons. The molecule has 0 aliphatic carbocycles. The molecule has 0 saturated carbocycles. The summed E-state index contributed by atoms with van der Waals surface area (Å²) in [5.74, 6) is 6.19. The van der Waals surface area contributed by atoms with Gasteiger partial charge in [-0.3, -0.25) is 0 Å². The molecule has 0 bridgehead atoms. The maximum absolute atomic E-state index is 6.02. The molecular formula is C16H8Cl2Hg. The van der Waals surface area contributed by atoms with E-state index in [1.54, 1.807) is 0 Å². The first-order chi connectivity index (χ1) is 9.27. The Balaban J connectivity index is 2.03. The van der Waals surface area contributed by atoms with Crippen LogP contribution >= 0.6 is 23.2 Å². The van der Waals surface area contributed by atoms with Gasteiger partial charge in [0.2, 0.25) is 0 Å². The summed E-state index contributed by atoms with van der Waals surface area (Å²) in [6.07, 6.45) is 0. The van der Waals surface area contributed by atoms with E-state index in [-0.39, 0.29) is 0 Å². The first-order valence-electron chi connectivity index (χ1n) is 5.74. The van der Waals surface area contributed by atoms with Crippen LogP contribution in [0.3, 0.4) is 0 Å². The fourth-order valence-electron chi connectivity index (χ4n) is 1.45. The summed E-state index contributed by atoms with van der Waals surface area (Å²) in [6.45, 7) is 0. The molecule has 0 atom stereocenters. The van der Waals surface area contributed by atoms with Crippen LogP contribution < -0.4 is 0 Å². The molecule has 0 amide bonds. The zero-order chi connectivity index (χ0) is 13.5. The van der Waals surface area contributed by atoms with Crippen LogP contribution in [0, 0.1) is 18.7 Å². The molecule has 2 aromatic carbocycles. The van der Waals surface area contributed by atoms with E-state index in [2.05, 4.69) is 18.7 Å². The van der Waals surface area contributed by atoms with Crippen molar-refractivity contribution in [2.45, 2.75) is 0 Å². The average Bonchev–Trinajstić information content (AvgIpc) is 2.42. The maximum atomic E-state index is 6.02. The van der Waals surface area contributed by atoms with Gasteiger partial charge in [-0.2, -0.15) is 0 Å². The number of hydrogen-bond donors (Lipinski definition) is 0. The predicted molar refractivity (Wildman–Crippen MR) is 76.7 cm³/mol. The molecule has 0 spiro atoms. The minimum absolute atomic E-state index is 0.697. The van der Waals surface area contributed by atoms with Crippen LogP contribution in [0.5, 0.6) is 0 Å². The third-order valence-corrected chi connectivity index (χ3v) is 5.78. The standard InChI is InChI=1S/2C8H4Cl.Hg/c2*1-2-7-5-3-4-6-8(7)9;/h2*3-6H;. The van der Waals surface area contributed by atoms with Crippen LogP contribution in [0.2, 0.25) is 10.0 Å². The Morgan fingerprint density at radius 2 is 1.11 bits per heavy atom. The zero-order valence-corrected chi connectivity index (χ0v) is 17.1. The summed E-state index contributed by atoms with van der Waals surface area (Å²) in [5, 5.41) is 1.39. The first-order valence-corrected chi connectivity index (χ1v) is 12.0. The molecule has 88 valence electrons. The molecule has 2 aromatic rings. The van der Waals surface area contributed by atoms with Gasteiger partial charge in [0.25, 0.3) is 0 Å². The van der Waals surface area contributed by atoms with Gasteiger partial charge in [0.1, 0.15) is 0 Å². The second-order valence-corrected chi connectivity index (χ2v) is 8.68. The number of rotatable bonds is 0. The zero-order valence-electron chi connectivity index (χ0n) is 10.1. The second-order valence-electron chi connectivity index (χ2n) is 3.74. The summed E-state index contributed by atoms with van der Waals surface area (Å²) in [5.41, 5.74) is 1.76. The second kappa shape index (κ2) is 7.61. The molecule has 0 nitrogen and oxygen atoms in total. The van der Waals surface area contributed by atoms with Gasteiger partial charge in [-0.1, -0.05) is 0 Å². The molecule has 0 unspecified atom stereocenters. The summed E-state index contributed by atoms with van der Waals surface area (Å²) < 4.78 is 6.41. The quantitative estimate of drug-likeness (QED) is 0.395. The molecule has 3 heteroatoms. The molecule has 0 fully saturated rings. The molecule has 2 rings (SSSR count). The summed E-state index contributed by atoms with van der Waals surface area (Å²) in [6, 6.07) is 15.2. The van der Waals surface area contributed by atoms with E-state index in [1.807, 2.05) is 48.5 Å². The molecule has 0 aliphatic rings. The Labute approximate surface area is 135 Å². The van der Waals surface area contributed by atoms with E-state index in [0.29, 0.717) is 10.0 Å². The Hall–Kier alpha value is -0.925. The molecule has 0 N–H and O–H groups in total. The fraction of sp³-hybridized carbons (Fsp3) is 0. The van der Waals surface area contributed by atoms with E-state index in [4.69, 9.17) is 23.2 Å². The SMILES string of the molecule is Clc1ccccc1C#[C][Hg][C]#Cc1ccccc1Cl. The van der Waals surface area contributed by atoms with Crippen molar-refractivity contribution in [1.82, 2.24) is 0 Å². The fourth-order valence-corrected chi connectivity index (χ4v) is 4.33. The van der Waals surface area contributed by atoms with Crippen molar-refractivity contribution in [2.75, 3.05) is 0 Å². The third-order valence-electron chi connectivity index (χ3n) is 2.37.